The van der Waals surface area contributed by atoms with Crippen molar-refractivity contribution in [2.45, 2.75) is 31.5 Å². The highest BCUT2D eigenvalue weighted by Gasteiger charge is 2.33. The van der Waals surface area contributed by atoms with Gasteiger partial charge in [0.15, 0.2) is 0 Å². The minimum atomic E-state index is -4.54. The Hall–Kier alpha value is -2.63. The van der Waals surface area contributed by atoms with Crippen LogP contribution in [0.15, 0.2) is 18.5 Å². The van der Waals surface area contributed by atoms with Gasteiger partial charge >= 0.3 is 6.18 Å². The molecule has 1 aliphatic rings. The first-order chi connectivity index (χ1) is 11.0. The van der Waals surface area contributed by atoms with Crippen LogP contribution in [0.3, 0.4) is 0 Å². The van der Waals surface area contributed by atoms with E-state index in [4.69, 9.17) is 5.26 Å². The van der Waals surface area contributed by atoms with Crippen molar-refractivity contribution in [2.75, 3.05) is 11.9 Å². The van der Waals surface area contributed by atoms with E-state index in [9.17, 15) is 13.2 Å². The highest BCUT2D eigenvalue weighted by atomic mass is 19.4. The number of rotatable bonds is 5. The molecule has 0 spiro atoms. The number of hydrogen-bond acceptors (Lipinski definition) is 5. The maximum atomic E-state index is 12.7. The maximum Gasteiger partial charge on any atom is 0.433 e. The van der Waals surface area contributed by atoms with Gasteiger partial charge in [0.05, 0.1) is 5.56 Å². The van der Waals surface area contributed by atoms with E-state index in [0.717, 1.165) is 30.8 Å². The van der Waals surface area contributed by atoms with Gasteiger partial charge in [-0.05, 0) is 25.0 Å². The fourth-order valence-corrected chi connectivity index (χ4v) is 2.23. The van der Waals surface area contributed by atoms with Gasteiger partial charge in [0.25, 0.3) is 0 Å². The first kappa shape index (κ1) is 15.3. The monoisotopic (exact) mass is 322 g/mol. The van der Waals surface area contributed by atoms with Crippen LogP contribution in [0.1, 0.15) is 35.8 Å². The lowest BCUT2D eigenvalue weighted by Gasteiger charge is -2.12. The smallest absolute Gasteiger partial charge is 0.367 e. The van der Waals surface area contributed by atoms with E-state index in [-0.39, 0.29) is 11.4 Å². The molecule has 120 valence electrons. The van der Waals surface area contributed by atoms with Crippen molar-refractivity contribution in [1.29, 1.82) is 5.26 Å². The van der Waals surface area contributed by atoms with Gasteiger partial charge in [-0.2, -0.15) is 18.4 Å². The van der Waals surface area contributed by atoms with Crippen LogP contribution in [-0.2, 0) is 12.7 Å². The van der Waals surface area contributed by atoms with Gasteiger partial charge in [-0.25, -0.2) is 4.98 Å². The normalized spacial score (nSPS) is 14.5. The van der Waals surface area contributed by atoms with E-state index in [1.54, 1.807) is 6.33 Å². The van der Waals surface area contributed by atoms with E-state index in [1.165, 1.54) is 0 Å². The average Bonchev–Trinajstić information content (AvgIpc) is 3.25. The predicted molar refractivity (Wildman–Crippen MR) is 74.4 cm³/mol. The molecule has 2 aromatic heterocycles. The van der Waals surface area contributed by atoms with Gasteiger partial charge in [0, 0.05) is 19.0 Å². The number of nitrogens with zero attached hydrogens (tertiary/aromatic N) is 5. The minimum Gasteiger partial charge on any atom is -0.367 e. The third-order valence-corrected chi connectivity index (χ3v) is 3.54. The summed E-state index contributed by atoms with van der Waals surface area (Å²) in [5.74, 6) is 1.26. The number of anilines is 1. The molecule has 23 heavy (non-hydrogen) atoms. The third-order valence-electron chi connectivity index (χ3n) is 3.54. The lowest BCUT2D eigenvalue weighted by atomic mass is 10.2. The summed E-state index contributed by atoms with van der Waals surface area (Å²) in [5, 5.41) is 19.7. The first-order valence-electron chi connectivity index (χ1n) is 7.09. The zero-order valence-electron chi connectivity index (χ0n) is 12.0. The molecular formula is C14H13F3N6. The second-order valence-corrected chi connectivity index (χ2v) is 5.29. The van der Waals surface area contributed by atoms with Crippen LogP contribution >= 0.6 is 0 Å². The first-order valence-corrected chi connectivity index (χ1v) is 7.09. The molecule has 0 unspecified atom stereocenters. The van der Waals surface area contributed by atoms with E-state index >= 15 is 0 Å². The maximum absolute atomic E-state index is 12.7. The second kappa shape index (κ2) is 5.87. The largest absolute Gasteiger partial charge is 0.433 e. The van der Waals surface area contributed by atoms with E-state index in [2.05, 4.69) is 20.5 Å². The number of aromatic nitrogens is 4. The van der Waals surface area contributed by atoms with Crippen molar-refractivity contribution in [3.63, 3.8) is 0 Å². The van der Waals surface area contributed by atoms with Crippen molar-refractivity contribution in [3.05, 3.63) is 35.5 Å². The van der Waals surface area contributed by atoms with Crippen LogP contribution in [0.2, 0.25) is 0 Å². The molecule has 0 saturated heterocycles. The Kier molecular flexibility index (Phi) is 3.90. The molecule has 6 nitrogen and oxygen atoms in total. The SMILES string of the molecule is N#Cc1ccc(C(F)(F)F)nc1NCCn1cnnc1C1CC1. The topological polar surface area (TPSA) is 79.4 Å². The number of hydrogen-bond donors (Lipinski definition) is 1. The molecule has 3 rings (SSSR count). The van der Waals surface area contributed by atoms with Crippen LogP contribution in [0, 0.1) is 11.3 Å². The number of halogens is 3. The molecule has 2 aromatic rings. The molecule has 1 saturated carbocycles. The van der Waals surface area contributed by atoms with Gasteiger partial charge in [0.2, 0.25) is 0 Å². The fourth-order valence-electron chi connectivity index (χ4n) is 2.23. The van der Waals surface area contributed by atoms with Crippen molar-refractivity contribution in [1.82, 2.24) is 19.7 Å². The zero-order valence-corrected chi connectivity index (χ0v) is 12.0. The summed E-state index contributed by atoms with van der Waals surface area (Å²) in [6.45, 7) is 0.808. The summed E-state index contributed by atoms with van der Waals surface area (Å²) >= 11 is 0. The Morgan fingerprint density at radius 3 is 2.78 bits per heavy atom. The molecule has 0 amide bonds. The van der Waals surface area contributed by atoms with E-state index in [0.29, 0.717) is 19.0 Å². The highest BCUT2D eigenvalue weighted by molar-refractivity contribution is 5.52. The summed E-state index contributed by atoms with van der Waals surface area (Å²) in [5.41, 5.74) is -0.953. The molecule has 1 fully saturated rings. The summed E-state index contributed by atoms with van der Waals surface area (Å²) in [7, 11) is 0. The van der Waals surface area contributed by atoms with Crippen molar-refractivity contribution >= 4 is 5.82 Å². The zero-order chi connectivity index (χ0) is 16.4. The lowest BCUT2D eigenvalue weighted by molar-refractivity contribution is -0.141. The van der Waals surface area contributed by atoms with Gasteiger partial charge < -0.3 is 9.88 Å². The van der Waals surface area contributed by atoms with E-state index < -0.39 is 11.9 Å². The number of alkyl halides is 3. The minimum absolute atomic E-state index is 0.0663. The van der Waals surface area contributed by atoms with Crippen molar-refractivity contribution in [3.8, 4) is 6.07 Å². The number of nitriles is 1. The van der Waals surface area contributed by atoms with Gasteiger partial charge in [-0.15, -0.1) is 10.2 Å². The average molecular weight is 322 g/mol. The molecule has 9 heteroatoms. The Labute approximate surface area is 130 Å². The molecule has 1 N–H and O–H groups in total. The lowest BCUT2D eigenvalue weighted by Crippen LogP contribution is -2.16. The van der Waals surface area contributed by atoms with Gasteiger partial charge in [-0.1, -0.05) is 0 Å². The van der Waals surface area contributed by atoms with Crippen LogP contribution in [-0.4, -0.2) is 26.3 Å². The Morgan fingerprint density at radius 1 is 1.35 bits per heavy atom. The summed E-state index contributed by atoms with van der Waals surface area (Å²) < 4.78 is 40.0. The summed E-state index contributed by atoms with van der Waals surface area (Å²) in [6, 6.07) is 3.75. The van der Waals surface area contributed by atoms with Crippen LogP contribution in [0.4, 0.5) is 19.0 Å². The molecule has 2 heterocycles. The Balaban J connectivity index is 1.69. The van der Waals surface area contributed by atoms with E-state index in [1.807, 2.05) is 10.6 Å². The molecule has 1 aliphatic carbocycles. The van der Waals surface area contributed by atoms with Gasteiger partial charge in [0.1, 0.15) is 29.7 Å². The summed E-state index contributed by atoms with van der Waals surface area (Å²) in [6.07, 6.45) is -0.780. The standard InChI is InChI=1S/C14H13F3N6/c15-14(16,17)11-4-3-10(7-18)12(21-11)19-5-6-23-8-20-22-13(23)9-1-2-9/h3-4,8-9H,1-2,5-6H2,(H,19,21). The molecule has 0 bridgehead atoms. The molecule has 0 atom stereocenters. The molecule has 0 radical (unpaired) electrons. The van der Waals surface area contributed by atoms with Crippen LogP contribution in [0.5, 0.6) is 0 Å². The van der Waals surface area contributed by atoms with Crippen molar-refractivity contribution in [2.24, 2.45) is 0 Å². The predicted octanol–water partition coefficient (Wildman–Crippen LogP) is 2.55. The Bertz CT molecular complexity index is 742. The number of pyridine rings is 1. The highest BCUT2D eigenvalue weighted by Crippen LogP contribution is 2.38. The van der Waals surface area contributed by atoms with Gasteiger partial charge in [-0.3, -0.25) is 0 Å². The number of nitrogens with one attached hydrogen (secondary N) is 1. The summed E-state index contributed by atoms with van der Waals surface area (Å²) in [4.78, 5) is 3.50. The molecule has 0 aliphatic heterocycles. The van der Waals surface area contributed by atoms with Crippen molar-refractivity contribution < 1.29 is 13.2 Å². The Morgan fingerprint density at radius 2 is 2.13 bits per heavy atom. The molecule has 0 aromatic carbocycles. The quantitative estimate of drug-likeness (QED) is 0.915. The molecular weight excluding hydrogens is 309 g/mol. The second-order valence-electron chi connectivity index (χ2n) is 5.29. The van der Waals surface area contributed by atoms with Crippen LogP contribution < -0.4 is 5.32 Å². The third kappa shape index (κ3) is 3.41. The fraction of sp³-hybridized carbons (Fsp3) is 0.429. The van der Waals surface area contributed by atoms with Crippen LogP contribution in [0.25, 0.3) is 0 Å².